The topological polar surface area (TPSA) is 70.2 Å². The third-order valence-corrected chi connectivity index (χ3v) is 2.40. The zero-order valence-electron chi connectivity index (χ0n) is 10.9. The van der Waals surface area contributed by atoms with Gasteiger partial charge in [-0.2, -0.15) is 0 Å². The lowest BCUT2D eigenvalue weighted by Gasteiger charge is -2.19. The summed E-state index contributed by atoms with van der Waals surface area (Å²) in [6.07, 6.45) is 2.54. The quantitative estimate of drug-likeness (QED) is 0.620. The van der Waals surface area contributed by atoms with Gasteiger partial charge in [-0.05, 0) is 33.6 Å². The van der Waals surface area contributed by atoms with Gasteiger partial charge in [-0.1, -0.05) is 0 Å². The molecule has 0 atom stereocenters. The standard InChI is InChI=1S/C12H23N3O2/c1-12(2,3)14-8-11(17)13-7-6-10(16)15-9-4-5-9/h9,14H,4-8H2,1-3H3,(H,13,17)(H,15,16). The van der Waals surface area contributed by atoms with E-state index in [9.17, 15) is 9.59 Å². The lowest BCUT2D eigenvalue weighted by atomic mass is 10.1. The van der Waals surface area contributed by atoms with Crippen LogP contribution in [0.5, 0.6) is 0 Å². The van der Waals surface area contributed by atoms with Crippen LogP contribution in [0.1, 0.15) is 40.0 Å². The number of rotatable bonds is 6. The highest BCUT2D eigenvalue weighted by Crippen LogP contribution is 2.18. The van der Waals surface area contributed by atoms with E-state index < -0.39 is 0 Å². The van der Waals surface area contributed by atoms with Crippen LogP contribution in [0.3, 0.4) is 0 Å². The molecule has 0 aromatic heterocycles. The number of hydrogen-bond donors (Lipinski definition) is 3. The molecule has 1 saturated carbocycles. The third-order valence-electron chi connectivity index (χ3n) is 2.40. The van der Waals surface area contributed by atoms with E-state index in [4.69, 9.17) is 0 Å². The second kappa shape index (κ2) is 6.00. The molecule has 5 nitrogen and oxygen atoms in total. The van der Waals surface area contributed by atoms with Gasteiger partial charge >= 0.3 is 0 Å². The van der Waals surface area contributed by atoms with E-state index >= 15 is 0 Å². The van der Waals surface area contributed by atoms with Crippen molar-refractivity contribution in [2.24, 2.45) is 0 Å². The zero-order chi connectivity index (χ0) is 12.9. The maximum absolute atomic E-state index is 11.4. The summed E-state index contributed by atoms with van der Waals surface area (Å²) < 4.78 is 0. The summed E-state index contributed by atoms with van der Waals surface area (Å²) in [5.74, 6) is -0.0456. The Kier molecular flexibility index (Phi) is 4.93. The minimum Gasteiger partial charge on any atom is -0.354 e. The molecule has 1 rings (SSSR count). The van der Waals surface area contributed by atoms with Crippen LogP contribution >= 0.6 is 0 Å². The lowest BCUT2D eigenvalue weighted by molar-refractivity contribution is -0.122. The molecular weight excluding hydrogens is 218 g/mol. The van der Waals surface area contributed by atoms with Crippen LogP contribution in [-0.4, -0.2) is 36.5 Å². The van der Waals surface area contributed by atoms with Crippen LogP contribution in [0.4, 0.5) is 0 Å². The number of carbonyl (C=O) groups is 2. The Bertz CT molecular complexity index is 280. The minimum absolute atomic E-state index is 0.0246. The van der Waals surface area contributed by atoms with Crippen LogP contribution in [-0.2, 0) is 9.59 Å². The first-order valence-corrected chi connectivity index (χ1v) is 6.18. The predicted molar refractivity (Wildman–Crippen MR) is 66.5 cm³/mol. The van der Waals surface area contributed by atoms with Gasteiger partial charge < -0.3 is 16.0 Å². The number of nitrogens with one attached hydrogen (secondary N) is 3. The molecule has 0 aromatic rings. The van der Waals surface area contributed by atoms with Crippen molar-refractivity contribution >= 4 is 11.8 Å². The second-order valence-electron chi connectivity index (χ2n) is 5.55. The molecule has 1 aliphatic rings. The van der Waals surface area contributed by atoms with E-state index in [2.05, 4.69) is 16.0 Å². The van der Waals surface area contributed by atoms with Gasteiger partial charge in [-0.15, -0.1) is 0 Å². The van der Waals surface area contributed by atoms with Gasteiger partial charge in [0.15, 0.2) is 0 Å². The molecule has 0 unspecified atom stereocenters. The van der Waals surface area contributed by atoms with Gasteiger partial charge in [0.05, 0.1) is 6.54 Å². The Morgan fingerprint density at radius 2 is 1.82 bits per heavy atom. The van der Waals surface area contributed by atoms with Gasteiger partial charge in [0.2, 0.25) is 11.8 Å². The maximum atomic E-state index is 11.4. The zero-order valence-corrected chi connectivity index (χ0v) is 10.9. The molecule has 0 aromatic carbocycles. The second-order valence-corrected chi connectivity index (χ2v) is 5.55. The van der Waals surface area contributed by atoms with E-state index in [1.807, 2.05) is 20.8 Å². The monoisotopic (exact) mass is 241 g/mol. The summed E-state index contributed by atoms with van der Waals surface area (Å²) in [6.45, 7) is 6.70. The SMILES string of the molecule is CC(C)(C)NCC(=O)NCCC(=O)NC1CC1. The first kappa shape index (κ1) is 14.0. The predicted octanol–water partition coefficient (Wildman–Crippen LogP) is 0.159. The Balaban J connectivity index is 2.01. The van der Waals surface area contributed by atoms with Crippen molar-refractivity contribution in [3.8, 4) is 0 Å². The Morgan fingerprint density at radius 1 is 1.18 bits per heavy atom. The highest BCUT2D eigenvalue weighted by atomic mass is 16.2. The molecule has 0 aliphatic heterocycles. The fourth-order valence-corrected chi connectivity index (χ4v) is 1.25. The molecule has 1 fully saturated rings. The number of carbonyl (C=O) groups excluding carboxylic acids is 2. The van der Waals surface area contributed by atoms with Crippen LogP contribution in [0.25, 0.3) is 0 Å². The molecule has 5 heteroatoms. The van der Waals surface area contributed by atoms with Gasteiger partial charge in [0, 0.05) is 24.5 Å². The first-order valence-electron chi connectivity index (χ1n) is 6.18. The molecule has 0 bridgehead atoms. The molecule has 3 N–H and O–H groups in total. The summed E-state index contributed by atoms with van der Waals surface area (Å²) in [6, 6.07) is 0.390. The van der Waals surface area contributed by atoms with Crippen LogP contribution in [0, 0.1) is 0 Å². The van der Waals surface area contributed by atoms with Gasteiger partial charge in [-0.25, -0.2) is 0 Å². The van der Waals surface area contributed by atoms with Crippen LogP contribution in [0.15, 0.2) is 0 Å². The Labute approximate surface area is 103 Å². The molecule has 0 spiro atoms. The highest BCUT2D eigenvalue weighted by molar-refractivity contribution is 5.80. The normalized spacial score (nSPS) is 15.5. The average Bonchev–Trinajstić information content (AvgIpc) is 2.97. The summed E-state index contributed by atoms with van der Waals surface area (Å²) in [5.41, 5.74) is -0.0688. The Hall–Kier alpha value is -1.10. The van der Waals surface area contributed by atoms with E-state index in [1.165, 1.54) is 0 Å². The average molecular weight is 241 g/mol. The summed E-state index contributed by atoms with van der Waals surface area (Å²) in [5, 5.41) is 8.68. The van der Waals surface area contributed by atoms with Crippen molar-refractivity contribution < 1.29 is 9.59 Å². The lowest BCUT2D eigenvalue weighted by Crippen LogP contribution is -2.43. The highest BCUT2D eigenvalue weighted by Gasteiger charge is 2.22. The first-order chi connectivity index (χ1) is 7.87. The largest absolute Gasteiger partial charge is 0.354 e. The van der Waals surface area contributed by atoms with Crippen LogP contribution in [0.2, 0.25) is 0 Å². The number of hydrogen-bond acceptors (Lipinski definition) is 3. The summed E-state index contributed by atoms with van der Waals surface area (Å²) in [4.78, 5) is 22.7. The summed E-state index contributed by atoms with van der Waals surface area (Å²) >= 11 is 0. The van der Waals surface area contributed by atoms with Gasteiger partial charge in [0.1, 0.15) is 0 Å². The fraction of sp³-hybridized carbons (Fsp3) is 0.833. The van der Waals surface area contributed by atoms with E-state index in [0.717, 1.165) is 12.8 Å². The summed E-state index contributed by atoms with van der Waals surface area (Å²) in [7, 11) is 0. The molecule has 0 saturated heterocycles. The third kappa shape index (κ3) is 7.74. The van der Waals surface area contributed by atoms with Crippen molar-refractivity contribution in [2.45, 2.75) is 51.6 Å². The fourth-order valence-electron chi connectivity index (χ4n) is 1.25. The van der Waals surface area contributed by atoms with Gasteiger partial charge in [0.25, 0.3) is 0 Å². The molecular formula is C12H23N3O2. The molecule has 2 amide bonds. The van der Waals surface area contributed by atoms with Crippen molar-refractivity contribution in [1.82, 2.24) is 16.0 Å². The molecule has 0 radical (unpaired) electrons. The maximum Gasteiger partial charge on any atom is 0.233 e. The van der Waals surface area contributed by atoms with Crippen LogP contribution < -0.4 is 16.0 Å². The molecule has 17 heavy (non-hydrogen) atoms. The van der Waals surface area contributed by atoms with E-state index in [0.29, 0.717) is 19.0 Å². The minimum atomic E-state index is -0.0702. The van der Waals surface area contributed by atoms with E-state index in [-0.39, 0.29) is 23.9 Å². The van der Waals surface area contributed by atoms with Crippen molar-refractivity contribution in [1.29, 1.82) is 0 Å². The smallest absolute Gasteiger partial charge is 0.233 e. The number of amides is 2. The van der Waals surface area contributed by atoms with Crippen molar-refractivity contribution in [2.75, 3.05) is 13.1 Å². The Morgan fingerprint density at radius 3 is 2.35 bits per heavy atom. The molecule has 1 aliphatic carbocycles. The molecule has 0 heterocycles. The van der Waals surface area contributed by atoms with Gasteiger partial charge in [-0.3, -0.25) is 9.59 Å². The van der Waals surface area contributed by atoms with Crippen molar-refractivity contribution in [3.63, 3.8) is 0 Å². The molecule has 98 valence electrons. The van der Waals surface area contributed by atoms with Crippen molar-refractivity contribution in [3.05, 3.63) is 0 Å². The van der Waals surface area contributed by atoms with E-state index in [1.54, 1.807) is 0 Å².